The molecule has 0 radical (unpaired) electrons. The van der Waals surface area contributed by atoms with Gasteiger partial charge in [0.25, 0.3) is 0 Å². The first-order chi connectivity index (χ1) is 15.3. The third-order valence-corrected chi connectivity index (χ3v) is 5.80. The normalized spacial score (nSPS) is 13.8. The van der Waals surface area contributed by atoms with Crippen LogP contribution in [0.15, 0.2) is 42.5 Å². The van der Waals surface area contributed by atoms with Crippen LogP contribution in [0.5, 0.6) is 11.5 Å². The summed E-state index contributed by atoms with van der Waals surface area (Å²) in [6.07, 6.45) is 3.99. The molecule has 0 unspecified atom stereocenters. The molecule has 0 aliphatic carbocycles. The van der Waals surface area contributed by atoms with Crippen LogP contribution in [0, 0.1) is 0 Å². The molecule has 1 saturated heterocycles. The number of anilines is 1. The molecule has 0 spiro atoms. The van der Waals surface area contributed by atoms with Crippen LogP contribution in [0.4, 0.5) is 5.95 Å². The van der Waals surface area contributed by atoms with Crippen molar-refractivity contribution in [3.63, 3.8) is 0 Å². The van der Waals surface area contributed by atoms with E-state index < -0.39 is 0 Å². The zero-order valence-corrected chi connectivity index (χ0v) is 21.2. The Bertz CT molecular complexity index is 990. The molecule has 182 valence electrons. The number of ether oxygens (including phenoxy) is 2. The fourth-order valence-electron chi connectivity index (χ4n) is 4.25. The number of rotatable bonds is 10. The van der Waals surface area contributed by atoms with Crippen molar-refractivity contribution in [2.75, 3.05) is 38.2 Å². The first-order valence-corrected chi connectivity index (χ1v) is 11.6. The molecule has 1 N–H and O–H groups in total. The molecule has 1 aliphatic rings. The fourth-order valence-corrected chi connectivity index (χ4v) is 4.25. The van der Waals surface area contributed by atoms with Crippen LogP contribution in [-0.2, 0) is 13.1 Å². The third kappa shape index (κ3) is 6.92. The number of nitrogens with one attached hydrogen (secondary N) is 1. The van der Waals surface area contributed by atoms with Gasteiger partial charge >= 0.3 is 0 Å². The third-order valence-electron chi connectivity index (χ3n) is 5.80. The minimum atomic E-state index is 0. The van der Waals surface area contributed by atoms with Gasteiger partial charge in [0.05, 0.1) is 24.2 Å². The van der Waals surface area contributed by atoms with E-state index in [2.05, 4.69) is 51.2 Å². The van der Waals surface area contributed by atoms with Gasteiger partial charge in [-0.2, -0.15) is 0 Å². The number of imidazole rings is 1. The van der Waals surface area contributed by atoms with Gasteiger partial charge in [-0.25, -0.2) is 4.98 Å². The highest BCUT2D eigenvalue weighted by atomic mass is 35.5. The van der Waals surface area contributed by atoms with E-state index in [0.717, 1.165) is 41.6 Å². The molecule has 8 heteroatoms. The summed E-state index contributed by atoms with van der Waals surface area (Å²) in [4.78, 5) is 7.45. The number of piperidine rings is 1. The van der Waals surface area contributed by atoms with Gasteiger partial charge in [0, 0.05) is 19.6 Å². The van der Waals surface area contributed by atoms with Gasteiger partial charge in [-0.3, -0.25) is 0 Å². The van der Waals surface area contributed by atoms with Crippen molar-refractivity contribution >= 4 is 41.8 Å². The van der Waals surface area contributed by atoms with Gasteiger partial charge < -0.3 is 24.3 Å². The molecule has 0 saturated carbocycles. The number of benzene rings is 2. The van der Waals surface area contributed by atoms with Gasteiger partial charge in [0.2, 0.25) is 5.95 Å². The van der Waals surface area contributed by atoms with E-state index in [-0.39, 0.29) is 24.8 Å². The van der Waals surface area contributed by atoms with Gasteiger partial charge in [-0.15, -0.1) is 24.8 Å². The van der Waals surface area contributed by atoms with E-state index >= 15 is 0 Å². The summed E-state index contributed by atoms with van der Waals surface area (Å²) in [5.41, 5.74) is 3.36. The zero-order valence-electron chi connectivity index (χ0n) is 19.6. The first-order valence-electron chi connectivity index (χ1n) is 11.6. The van der Waals surface area contributed by atoms with Gasteiger partial charge in [0.1, 0.15) is 0 Å². The molecule has 6 nitrogen and oxygen atoms in total. The number of hydrogen-bond acceptors (Lipinski definition) is 5. The minimum absolute atomic E-state index is 0. The van der Waals surface area contributed by atoms with E-state index in [9.17, 15) is 0 Å². The van der Waals surface area contributed by atoms with Crippen molar-refractivity contribution in [2.45, 2.75) is 46.2 Å². The van der Waals surface area contributed by atoms with Crippen molar-refractivity contribution < 1.29 is 9.47 Å². The summed E-state index contributed by atoms with van der Waals surface area (Å²) >= 11 is 0. The molecule has 0 bridgehead atoms. The first kappa shape index (κ1) is 27.1. The molecule has 33 heavy (non-hydrogen) atoms. The summed E-state index contributed by atoms with van der Waals surface area (Å²) in [5, 5.41) is 3.56. The molecule has 2 heterocycles. The van der Waals surface area contributed by atoms with Gasteiger partial charge in [0.15, 0.2) is 11.5 Å². The number of halogens is 2. The molecule has 0 atom stereocenters. The van der Waals surface area contributed by atoms with Crippen molar-refractivity contribution in [1.82, 2.24) is 14.5 Å². The Morgan fingerprint density at radius 3 is 2.36 bits per heavy atom. The second-order valence-corrected chi connectivity index (χ2v) is 7.98. The Morgan fingerprint density at radius 2 is 1.61 bits per heavy atom. The maximum atomic E-state index is 5.78. The SMILES string of the molecule is CCOc1ccc(CNc2nc3ccccc3n2CCN2CCCCC2)cc1OCC.Cl.Cl. The van der Waals surface area contributed by atoms with Crippen LogP contribution in [0.2, 0.25) is 0 Å². The van der Waals surface area contributed by atoms with Crippen molar-refractivity contribution in [3.05, 3.63) is 48.0 Å². The predicted octanol–water partition coefficient (Wildman–Crippen LogP) is 5.78. The maximum Gasteiger partial charge on any atom is 0.204 e. The smallest absolute Gasteiger partial charge is 0.204 e. The van der Waals surface area contributed by atoms with Crippen molar-refractivity contribution in [3.8, 4) is 11.5 Å². The Hall–Kier alpha value is -2.15. The summed E-state index contributed by atoms with van der Waals surface area (Å²) < 4.78 is 13.8. The highest BCUT2D eigenvalue weighted by molar-refractivity contribution is 5.85. The van der Waals surface area contributed by atoms with E-state index in [4.69, 9.17) is 14.5 Å². The molecule has 2 aromatic carbocycles. The highest BCUT2D eigenvalue weighted by Crippen LogP contribution is 2.29. The number of nitrogens with zero attached hydrogens (tertiary/aromatic N) is 3. The molecule has 1 aliphatic heterocycles. The summed E-state index contributed by atoms with van der Waals surface area (Å²) in [7, 11) is 0. The summed E-state index contributed by atoms with van der Waals surface area (Å²) in [5.74, 6) is 2.51. The molecule has 1 fully saturated rings. The van der Waals surface area contributed by atoms with E-state index in [0.29, 0.717) is 19.8 Å². The second kappa shape index (κ2) is 13.5. The zero-order chi connectivity index (χ0) is 21.5. The van der Waals surface area contributed by atoms with Crippen LogP contribution in [0.1, 0.15) is 38.7 Å². The van der Waals surface area contributed by atoms with Crippen LogP contribution in [-0.4, -0.2) is 47.3 Å². The Kier molecular flexibility index (Phi) is 11.1. The fraction of sp³-hybridized carbons (Fsp3) is 0.480. The molecule has 3 aromatic rings. The van der Waals surface area contributed by atoms with Gasteiger partial charge in [-0.05, 0) is 69.6 Å². The number of fused-ring (bicyclic) bond motifs is 1. The molecule has 4 rings (SSSR count). The van der Waals surface area contributed by atoms with Crippen molar-refractivity contribution in [2.24, 2.45) is 0 Å². The van der Waals surface area contributed by atoms with Crippen LogP contribution < -0.4 is 14.8 Å². The number of hydrogen-bond donors (Lipinski definition) is 1. The van der Waals surface area contributed by atoms with Crippen molar-refractivity contribution in [1.29, 1.82) is 0 Å². The lowest BCUT2D eigenvalue weighted by atomic mass is 10.1. The lowest BCUT2D eigenvalue weighted by Gasteiger charge is -2.26. The highest BCUT2D eigenvalue weighted by Gasteiger charge is 2.14. The van der Waals surface area contributed by atoms with E-state index in [1.807, 2.05) is 19.9 Å². The minimum Gasteiger partial charge on any atom is -0.490 e. The lowest BCUT2D eigenvalue weighted by molar-refractivity contribution is 0.222. The van der Waals surface area contributed by atoms with Gasteiger partial charge in [-0.1, -0.05) is 24.6 Å². The Balaban J connectivity index is 0.00000193. The van der Waals surface area contributed by atoms with E-state index in [1.54, 1.807) is 0 Å². The topological polar surface area (TPSA) is 51.5 Å². The van der Waals surface area contributed by atoms with Crippen LogP contribution in [0.3, 0.4) is 0 Å². The molecule has 0 amide bonds. The van der Waals surface area contributed by atoms with Crippen LogP contribution >= 0.6 is 24.8 Å². The summed E-state index contributed by atoms with van der Waals surface area (Å²) in [6, 6.07) is 14.5. The Morgan fingerprint density at radius 1 is 0.879 bits per heavy atom. The monoisotopic (exact) mass is 494 g/mol. The summed E-state index contributed by atoms with van der Waals surface area (Å²) in [6.45, 7) is 10.3. The van der Waals surface area contributed by atoms with Crippen LogP contribution in [0.25, 0.3) is 11.0 Å². The Labute approximate surface area is 209 Å². The lowest BCUT2D eigenvalue weighted by Crippen LogP contribution is -2.32. The van der Waals surface area contributed by atoms with E-state index in [1.165, 1.54) is 37.9 Å². The molecular weight excluding hydrogens is 459 g/mol. The average molecular weight is 495 g/mol. The maximum absolute atomic E-state index is 5.78. The quantitative estimate of drug-likeness (QED) is 0.387. The molecular formula is C25H36Cl2N4O2. The largest absolute Gasteiger partial charge is 0.490 e. The number of para-hydroxylation sites is 2. The second-order valence-electron chi connectivity index (χ2n) is 7.98. The predicted molar refractivity (Wildman–Crippen MR) is 141 cm³/mol. The number of likely N-dealkylation sites (tertiary alicyclic amines) is 1. The standard InChI is InChI=1S/C25H34N4O2.2ClH/c1-3-30-23-13-12-20(18-24(23)31-4-2)19-26-25-27-21-10-6-7-11-22(21)29(25)17-16-28-14-8-5-9-15-28;;/h6-7,10-13,18H,3-5,8-9,14-17,19H2,1-2H3,(H,26,27);2*1H. The average Bonchev–Trinajstić information content (AvgIpc) is 3.16. The molecule has 1 aromatic heterocycles. The number of aromatic nitrogens is 2.